The second-order valence-corrected chi connectivity index (χ2v) is 9.50. The maximum atomic E-state index is 13.1. The highest BCUT2D eigenvalue weighted by atomic mass is 16.4. The largest absolute Gasteiger partial charge is 0.508 e. The summed E-state index contributed by atoms with van der Waals surface area (Å²) in [5.74, 6) is -3.95. The summed E-state index contributed by atoms with van der Waals surface area (Å²) in [7, 11) is 0. The summed E-state index contributed by atoms with van der Waals surface area (Å²) in [6, 6.07) is 6.59. The number of guanidine groups is 1. The lowest BCUT2D eigenvalue weighted by Crippen LogP contribution is -2.58. The van der Waals surface area contributed by atoms with Gasteiger partial charge in [0.15, 0.2) is 5.96 Å². The second kappa shape index (κ2) is 16.4. The molecule has 0 spiro atoms. The van der Waals surface area contributed by atoms with Crippen LogP contribution in [0.1, 0.15) is 24.0 Å². The molecule has 2 aromatic rings. The Labute approximate surface area is 241 Å². The van der Waals surface area contributed by atoms with Crippen LogP contribution in [0.15, 0.2) is 53.5 Å². The van der Waals surface area contributed by atoms with Gasteiger partial charge in [-0.25, -0.2) is 4.79 Å². The summed E-state index contributed by atoms with van der Waals surface area (Å²) in [5, 5.41) is 45.4. The summed E-state index contributed by atoms with van der Waals surface area (Å²) in [4.78, 5) is 54.4. The minimum absolute atomic E-state index is 0.0148. The zero-order valence-corrected chi connectivity index (χ0v) is 22.8. The van der Waals surface area contributed by atoms with Crippen molar-refractivity contribution in [3.8, 4) is 11.5 Å². The third-order valence-corrected chi connectivity index (χ3v) is 6.11. The van der Waals surface area contributed by atoms with Gasteiger partial charge in [0.1, 0.15) is 29.6 Å². The quantitative estimate of drug-likeness (QED) is 0.0571. The Morgan fingerprint density at radius 3 is 1.71 bits per heavy atom. The molecule has 0 aliphatic carbocycles. The summed E-state index contributed by atoms with van der Waals surface area (Å²) in [5.41, 5.74) is 17.9. The Bertz CT molecular complexity index is 1230. The van der Waals surface area contributed by atoms with Gasteiger partial charge >= 0.3 is 5.97 Å². The summed E-state index contributed by atoms with van der Waals surface area (Å²) >= 11 is 0. The molecule has 0 saturated heterocycles. The van der Waals surface area contributed by atoms with Gasteiger partial charge in [-0.2, -0.15) is 0 Å². The minimum Gasteiger partial charge on any atom is -0.508 e. The number of rotatable bonds is 16. The number of amides is 3. The maximum Gasteiger partial charge on any atom is 0.326 e. The van der Waals surface area contributed by atoms with E-state index in [1.54, 1.807) is 12.1 Å². The number of aliphatic imine (C=N–C) groups is 1. The van der Waals surface area contributed by atoms with Gasteiger partial charge in [0.25, 0.3) is 0 Å². The van der Waals surface area contributed by atoms with Crippen LogP contribution in [-0.2, 0) is 32.0 Å². The number of carbonyl (C=O) groups is 4. The first-order valence-electron chi connectivity index (χ1n) is 13.0. The van der Waals surface area contributed by atoms with E-state index < -0.39 is 54.5 Å². The highest BCUT2D eigenvalue weighted by Crippen LogP contribution is 2.13. The molecule has 42 heavy (non-hydrogen) atoms. The number of aliphatic carboxylic acids is 1. The average molecular weight is 588 g/mol. The van der Waals surface area contributed by atoms with Crippen LogP contribution < -0.4 is 33.2 Å². The number of carboxylic acid groups (broad SMARTS) is 1. The van der Waals surface area contributed by atoms with E-state index in [2.05, 4.69) is 20.9 Å². The van der Waals surface area contributed by atoms with Crippen LogP contribution >= 0.6 is 0 Å². The topological polar surface area (TPSA) is 276 Å². The lowest BCUT2D eigenvalue weighted by atomic mass is 10.0. The first kappa shape index (κ1) is 33.3. The molecule has 13 N–H and O–H groups in total. The van der Waals surface area contributed by atoms with Crippen molar-refractivity contribution in [1.29, 1.82) is 0 Å². The summed E-state index contributed by atoms with van der Waals surface area (Å²) in [6.45, 7) is -0.721. The van der Waals surface area contributed by atoms with E-state index in [0.29, 0.717) is 11.1 Å². The highest BCUT2D eigenvalue weighted by Gasteiger charge is 2.30. The average Bonchev–Trinajstić information content (AvgIpc) is 2.94. The molecule has 0 aromatic heterocycles. The molecule has 15 heteroatoms. The molecular weight excluding hydrogens is 550 g/mol. The Balaban J connectivity index is 2.09. The van der Waals surface area contributed by atoms with Gasteiger partial charge in [-0.15, -0.1) is 0 Å². The number of nitrogens with two attached hydrogens (primary N) is 3. The van der Waals surface area contributed by atoms with Crippen molar-refractivity contribution < 1.29 is 39.6 Å². The third-order valence-electron chi connectivity index (χ3n) is 6.11. The number of carbonyl (C=O) groups excluding carboxylic acids is 3. The third kappa shape index (κ3) is 11.3. The van der Waals surface area contributed by atoms with Gasteiger partial charge in [0.2, 0.25) is 17.7 Å². The van der Waals surface area contributed by atoms with Crippen LogP contribution in [0.25, 0.3) is 0 Å². The molecule has 0 aliphatic rings. The molecular formula is C27H37N7O8. The van der Waals surface area contributed by atoms with E-state index in [-0.39, 0.29) is 49.7 Å². The molecule has 228 valence electrons. The zero-order valence-electron chi connectivity index (χ0n) is 22.8. The molecule has 4 atom stereocenters. The van der Waals surface area contributed by atoms with Crippen molar-refractivity contribution in [3.05, 3.63) is 59.7 Å². The van der Waals surface area contributed by atoms with Gasteiger partial charge in [0, 0.05) is 13.0 Å². The number of nitrogens with one attached hydrogen (secondary N) is 3. The normalized spacial score (nSPS) is 13.6. The minimum atomic E-state index is -1.54. The van der Waals surface area contributed by atoms with Crippen LogP contribution in [0.2, 0.25) is 0 Å². The van der Waals surface area contributed by atoms with Gasteiger partial charge in [-0.05, 0) is 54.7 Å². The number of benzene rings is 2. The van der Waals surface area contributed by atoms with Crippen LogP contribution in [0.4, 0.5) is 0 Å². The van der Waals surface area contributed by atoms with Crippen LogP contribution in [0, 0.1) is 0 Å². The lowest BCUT2D eigenvalue weighted by molar-refractivity contribution is -0.142. The van der Waals surface area contributed by atoms with E-state index in [9.17, 15) is 39.6 Å². The Morgan fingerprint density at radius 2 is 1.21 bits per heavy atom. The van der Waals surface area contributed by atoms with Crippen molar-refractivity contribution in [2.45, 2.75) is 49.9 Å². The van der Waals surface area contributed by atoms with Crippen molar-refractivity contribution >= 4 is 29.7 Å². The fraction of sp³-hybridized carbons (Fsp3) is 0.370. The standard InChI is InChI=1S/C27H37N7O8/c28-19(12-15-3-7-17(36)8-4-15)23(38)32-20(2-1-11-31-27(29)30)24(39)34-22(14-35)25(40)33-21(26(41)42)13-16-5-9-18(37)10-6-16/h3-10,19-22,35-37H,1-2,11-14,28H2,(H,32,38)(H,33,40)(H,34,39)(H,41,42)(H4,29,30,31). The van der Waals surface area contributed by atoms with E-state index in [0.717, 1.165) is 0 Å². The number of phenols is 2. The Morgan fingerprint density at radius 1 is 0.738 bits per heavy atom. The summed E-state index contributed by atoms with van der Waals surface area (Å²) < 4.78 is 0. The van der Waals surface area contributed by atoms with Gasteiger partial charge in [0.05, 0.1) is 12.6 Å². The number of phenolic OH excluding ortho intramolecular Hbond substituents is 2. The monoisotopic (exact) mass is 587 g/mol. The molecule has 3 amide bonds. The number of hydrogen-bond donors (Lipinski definition) is 10. The van der Waals surface area contributed by atoms with Gasteiger partial charge in [-0.3, -0.25) is 19.4 Å². The molecule has 4 unspecified atom stereocenters. The van der Waals surface area contributed by atoms with Crippen LogP contribution in [0.3, 0.4) is 0 Å². The molecule has 0 saturated carbocycles. The summed E-state index contributed by atoms with van der Waals surface area (Å²) in [6.07, 6.45) is 0.273. The number of nitrogens with zero attached hydrogens (tertiary/aromatic N) is 1. The smallest absolute Gasteiger partial charge is 0.326 e. The maximum absolute atomic E-state index is 13.1. The zero-order chi connectivity index (χ0) is 31.2. The fourth-order valence-corrected chi connectivity index (χ4v) is 3.84. The number of carboxylic acids is 1. The molecule has 0 bridgehead atoms. The molecule has 2 rings (SSSR count). The lowest BCUT2D eigenvalue weighted by Gasteiger charge is -2.24. The highest BCUT2D eigenvalue weighted by molar-refractivity contribution is 5.94. The predicted octanol–water partition coefficient (Wildman–Crippen LogP) is -2.20. The first-order valence-corrected chi connectivity index (χ1v) is 13.0. The first-order chi connectivity index (χ1) is 19.9. The van der Waals surface area contributed by atoms with Crippen molar-refractivity contribution in [2.24, 2.45) is 22.2 Å². The molecule has 2 aromatic carbocycles. The Kier molecular flexibility index (Phi) is 13.0. The molecule has 15 nitrogen and oxygen atoms in total. The van der Waals surface area contributed by atoms with E-state index in [1.807, 2.05) is 0 Å². The van der Waals surface area contributed by atoms with Crippen molar-refractivity contribution in [3.63, 3.8) is 0 Å². The van der Waals surface area contributed by atoms with E-state index in [4.69, 9.17) is 17.2 Å². The SMILES string of the molecule is NC(N)=NCCCC(NC(=O)C(N)Cc1ccc(O)cc1)C(=O)NC(CO)C(=O)NC(Cc1ccc(O)cc1)C(=O)O. The van der Waals surface area contributed by atoms with Crippen LogP contribution in [0.5, 0.6) is 11.5 Å². The number of aliphatic hydroxyl groups is 1. The molecule has 0 heterocycles. The fourth-order valence-electron chi connectivity index (χ4n) is 3.84. The number of aromatic hydroxyl groups is 2. The molecule has 0 radical (unpaired) electrons. The second-order valence-electron chi connectivity index (χ2n) is 9.50. The van der Waals surface area contributed by atoms with Gasteiger partial charge < -0.3 is 53.6 Å². The predicted molar refractivity (Wildman–Crippen MR) is 152 cm³/mol. The Hall–Kier alpha value is -4.89. The van der Waals surface area contributed by atoms with Crippen LogP contribution in [-0.4, -0.2) is 87.4 Å². The van der Waals surface area contributed by atoms with E-state index in [1.165, 1.54) is 36.4 Å². The molecule has 0 fully saturated rings. The van der Waals surface area contributed by atoms with Crippen molar-refractivity contribution in [1.82, 2.24) is 16.0 Å². The number of hydrogen-bond acceptors (Lipinski definition) is 9. The van der Waals surface area contributed by atoms with Gasteiger partial charge in [-0.1, -0.05) is 24.3 Å². The number of aliphatic hydroxyl groups excluding tert-OH is 1. The van der Waals surface area contributed by atoms with Crippen molar-refractivity contribution in [2.75, 3.05) is 13.2 Å². The molecule has 0 aliphatic heterocycles. The van der Waals surface area contributed by atoms with E-state index >= 15 is 0 Å².